The Bertz CT molecular complexity index is 841. The second-order valence-corrected chi connectivity index (χ2v) is 5.76. The van der Waals surface area contributed by atoms with Crippen molar-refractivity contribution in [1.82, 2.24) is 9.38 Å². The maximum atomic E-state index is 10.9. The first-order valence-corrected chi connectivity index (χ1v) is 7.44. The van der Waals surface area contributed by atoms with Crippen LogP contribution in [0, 0.1) is 0 Å². The number of aliphatic carboxylic acids is 1. The van der Waals surface area contributed by atoms with Crippen LogP contribution in [0.4, 0.5) is 0 Å². The summed E-state index contributed by atoms with van der Waals surface area (Å²) in [6.07, 6.45) is 2.15. The number of hydrogen-bond acceptors (Lipinski definition) is 2. The minimum absolute atomic E-state index is 0.0287. The number of imidazole rings is 1. The summed E-state index contributed by atoms with van der Waals surface area (Å²) in [5, 5.41) is 10.2. The molecule has 1 aromatic carbocycles. The van der Waals surface area contributed by atoms with Gasteiger partial charge >= 0.3 is 5.97 Å². The molecule has 2 heterocycles. The quantitative estimate of drug-likeness (QED) is 0.772. The predicted octanol–water partition coefficient (Wildman–Crippen LogP) is 4.33. The maximum Gasteiger partial charge on any atom is 0.303 e. The van der Waals surface area contributed by atoms with Gasteiger partial charge in [-0.25, -0.2) is 4.98 Å². The molecule has 0 radical (unpaired) electrons. The van der Waals surface area contributed by atoms with Gasteiger partial charge in [0.15, 0.2) is 0 Å². The number of hydrogen-bond donors (Lipinski definition) is 1. The molecule has 2 aromatic heterocycles. The first-order valence-electron chi connectivity index (χ1n) is 6.69. The predicted molar refractivity (Wildman–Crippen MR) is 86.6 cm³/mol. The van der Waals surface area contributed by atoms with Gasteiger partial charge in [-0.3, -0.25) is 4.79 Å². The molecule has 0 saturated carbocycles. The molecule has 0 aliphatic rings. The van der Waals surface area contributed by atoms with Crippen LogP contribution < -0.4 is 0 Å². The lowest BCUT2D eigenvalue weighted by atomic mass is 10.1. The fraction of sp³-hybridized carbons (Fsp3) is 0.125. The first kappa shape index (κ1) is 14.9. The van der Waals surface area contributed by atoms with Crippen molar-refractivity contribution in [2.45, 2.75) is 12.8 Å². The Kier molecular flexibility index (Phi) is 4.05. The number of carboxylic acid groups (broad SMARTS) is 1. The lowest BCUT2D eigenvalue weighted by Crippen LogP contribution is -2.01. The van der Waals surface area contributed by atoms with E-state index in [2.05, 4.69) is 4.98 Å². The van der Waals surface area contributed by atoms with E-state index in [9.17, 15) is 4.79 Å². The summed E-state index contributed by atoms with van der Waals surface area (Å²) >= 11 is 12.0. The van der Waals surface area contributed by atoms with Gasteiger partial charge in [-0.05, 0) is 24.3 Å². The highest BCUT2D eigenvalue weighted by Crippen LogP contribution is 2.27. The first-order chi connectivity index (χ1) is 10.5. The fourth-order valence-corrected chi connectivity index (χ4v) is 2.66. The number of halogens is 2. The van der Waals surface area contributed by atoms with Crippen LogP contribution in [0.25, 0.3) is 16.9 Å². The minimum Gasteiger partial charge on any atom is -0.481 e. The van der Waals surface area contributed by atoms with Crippen molar-refractivity contribution in [2.24, 2.45) is 0 Å². The van der Waals surface area contributed by atoms with Crippen LogP contribution in [0.15, 0.2) is 42.6 Å². The molecule has 1 N–H and O–H groups in total. The zero-order chi connectivity index (χ0) is 15.7. The minimum atomic E-state index is -0.848. The number of carbonyl (C=O) groups is 1. The van der Waals surface area contributed by atoms with Crippen molar-refractivity contribution >= 4 is 34.8 Å². The van der Waals surface area contributed by atoms with Crippen LogP contribution in [0.5, 0.6) is 0 Å². The molecule has 0 bridgehead atoms. The topological polar surface area (TPSA) is 54.6 Å². The van der Waals surface area contributed by atoms with E-state index in [1.165, 1.54) is 0 Å². The van der Waals surface area contributed by atoms with Crippen molar-refractivity contribution in [1.29, 1.82) is 0 Å². The third kappa shape index (κ3) is 2.93. The smallest absolute Gasteiger partial charge is 0.303 e. The largest absolute Gasteiger partial charge is 0.481 e. The Labute approximate surface area is 136 Å². The number of aryl methyl sites for hydroxylation is 1. The molecular formula is C16H12Cl2N2O2. The molecule has 0 unspecified atom stereocenters. The SMILES string of the molecule is O=C(O)CCc1c(-c2ccc(Cl)cc2)nc2ccc(Cl)cn12. The molecule has 3 rings (SSSR count). The monoisotopic (exact) mass is 334 g/mol. The van der Waals surface area contributed by atoms with E-state index in [1.54, 1.807) is 24.4 Å². The van der Waals surface area contributed by atoms with E-state index in [1.807, 2.05) is 22.6 Å². The van der Waals surface area contributed by atoms with Gasteiger partial charge in [0.05, 0.1) is 22.8 Å². The van der Waals surface area contributed by atoms with E-state index < -0.39 is 5.97 Å². The molecule has 0 amide bonds. The summed E-state index contributed by atoms with van der Waals surface area (Å²) in [5.74, 6) is -0.848. The Hall–Kier alpha value is -2.04. The van der Waals surface area contributed by atoms with Crippen molar-refractivity contribution in [2.75, 3.05) is 0 Å². The molecule has 0 aliphatic heterocycles. The third-order valence-corrected chi connectivity index (χ3v) is 3.85. The van der Waals surface area contributed by atoms with Gasteiger partial charge in [0.1, 0.15) is 5.65 Å². The lowest BCUT2D eigenvalue weighted by molar-refractivity contribution is -0.136. The van der Waals surface area contributed by atoms with Crippen LogP contribution in [0.1, 0.15) is 12.1 Å². The van der Waals surface area contributed by atoms with Crippen LogP contribution >= 0.6 is 23.2 Å². The zero-order valence-corrected chi connectivity index (χ0v) is 13.0. The number of fused-ring (bicyclic) bond motifs is 1. The summed E-state index contributed by atoms with van der Waals surface area (Å²) in [6.45, 7) is 0. The Morgan fingerprint density at radius 1 is 1.09 bits per heavy atom. The van der Waals surface area contributed by atoms with E-state index in [4.69, 9.17) is 28.3 Å². The van der Waals surface area contributed by atoms with Gasteiger partial charge in [0.25, 0.3) is 0 Å². The highest BCUT2D eigenvalue weighted by atomic mass is 35.5. The van der Waals surface area contributed by atoms with Crippen LogP contribution in [-0.4, -0.2) is 20.5 Å². The molecule has 0 aliphatic carbocycles. The average Bonchev–Trinajstić information content (AvgIpc) is 2.83. The van der Waals surface area contributed by atoms with Crippen molar-refractivity contribution < 1.29 is 9.90 Å². The highest BCUT2D eigenvalue weighted by molar-refractivity contribution is 6.30. The van der Waals surface area contributed by atoms with Gasteiger partial charge in [0, 0.05) is 23.2 Å². The number of aromatic nitrogens is 2. The average molecular weight is 335 g/mol. The molecular weight excluding hydrogens is 323 g/mol. The van der Waals surface area contributed by atoms with Crippen LogP contribution in [0.3, 0.4) is 0 Å². The standard InChI is InChI=1S/C16H12Cl2N2O2/c17-11-3-1-10(2-4-11)16-13(6-8-15(21)22)20-9-12(18)5-7-14(20)19-16/h1-5,7,9H,6,8H2,(H,21,22). The van der Waals surface area contributed by atoms with Crippen molar-refractivity contribution in [3.8, 4) is 11.3 Å². The molecule has 22 heavy (non-hydrogen) atoms. The van der Waals surface area contributed by atoms with Gasteiger partial charge < -0.3 is 9.51 Å². The summed E-state index contributed by atoms with van der Waals surface area (Å²) in [5.41, 5.74) is 3.20. The second-order valence-electron chi connectivity index (χ2n) is 4.88. The van der Waals surface area contributed by atoms with Gasteiger partial charge in [-0.15, -0.1) is 0 Å². The molecule has 0 fully saturated rings. The number of benzene rings is 1. The van der Waals surface area contributed by atoms with Gasteiger partial charge in [0.2, 0.25) is 0 Å². The Morgan fingerprint density at radius 2 is 1.77 bits per heavy atom. The molecule has 4 nitrogen and oxygen atoms in total. The molecule has 112 valence electrons. The fourth-order valence-electron chi connectivity index (χ4n) is 2.37. The third-order valence-electron chi connectivity index (χ3n) is 3.37. The normalized spacial score (nSPS) is 11.0. The van der Waals surface area contributed by atoms with E-state index in [0.717, 1.165) is 22.6 Å². The summed E-state index contributed by atoms with van der Waals surface area (Å²) in [4.78, 5) is 15.5. The van der Waals surface area contributed by atoms with Gasteiger partial charge in [-0.1, -0.05) is 35.3 Å². The molecule has 0 atom stereocenters. The number of rotatable bonds is 4. The van der Waals surface area contributed by atoms with Crippen molar-refractivity contribution in [3.05, 3.63) is 58.3 Å². The summed E-state index contributed by atoms with van der Waals surface area (Å²) in [6, 6.07) is 10.9. The van der Waals surface area contributed by atoms with E-state index in [-0.39, 0.29) is 6.42 Å². The van der Waals surface area contributed by atoms with E-state index >= 15 is 0 Å². The van der Waals surface area contributed by atoms with Crippen molar-refractivity contribution in [3.63, 3.8) is 0 Å². The van der Waals surface area contributed by atoms with Crippen LogP contribution in [0.2, 0.25) is 10.0 Å². The Morgan fingerprint density at radius 3 is 2.45 bits per heavy atom. The summed E-state index contributed by atoms with van der Waals surface area (Å²) < 4.78 is 1.84. The van der Waals surface area contributed by atoms with Crippen LogP contribution in [-0.2, 0) is 11.2 Å². The second kappa shape index (κ2) is 5.99. The molecule has 0 saturated heterocycles. The molecule has 6 heteroatoms. The molecule has 0 spiro atoms. The molecule has 3 aromatic rings. The highest BCUT2D eigenvalue weighted by Gasteiger charge is 2.15. The van der Waals surface area contributed by atoms with E-state index in [0.29, 0.717) is 16.5 Å². The number of nitrogens with zero attached hydrogens (tertiary/aromatic N) is 2. The Balaban J connectivity index is 2.16. The number of carboxylic acids is 1. The summed E-state index contributed by atoms with van der Waals surface area (Å²) in [7, 11) is 0. The number of pyridine rings is 1. The zero-order valence-electron chi connectivity index (χ0n) is 11.5. The van der Waals surface area contributed by atoms with Gasteiger partial charge in [-0.2, -0.15) is 0 Å². The maximum absolute atomic E-state index is 10.9. The lowest BCUT2D eigenvalue weighted by Gasteiger charge is -2.04.